The van der Waals surface area contributed by atoms with Gasteiger partial charge in [0.25, 0.3) is 0 Å². The Kier molecular flexibility index (Phi) is 5.31. The number of anilines is 1. The minimum absolute atomic E-state index is 0.0453. The number of aryl methyl sites for hydroxylation is 1. The molecule has 1 aliphatic rings. The molecule has 144 valence electrons. The number of fused-ring (bicyclic) bond motifs is 1. The minimum Gasteiger partial charge on any atom is -0.497 e. The second-order valence-corrected chi connectivity index (χ2v) is 6.21. The third-order valence-electron chi connectivity index (χ3n) is 4.53. The van der Waals surface area contributed by atoms with E-state index in [1.165, 1.54) is 0 Å². The fraction of sp³-hybridized carbons (Fsp3) is 0.389. The number of methoxy groups -OCH3 is 2. The lowest BCUT2D eigenvalue weighted by atomic mass is 9.88. The molecule has 0 aliphatic carbocycles. The molecule has 1 aliphatic heterocycles. The van der Waals surface area contributed by atoms with Crippen LogP contribution < -0.4 is 20.5 Å². The number of carbonyl (C=O) groups excluding carboxylic acids is 1. The van der Waals surface area contributed by atoms with Gasteiger partial charge in [-0.05, 0) is 18.6 Å². The van der Waals surface area contributed by atoms with E-state index in [4.69, 9.17) is 20.3 Å². The number of hydrogen-bond donors (Lipinski definition) is 3. The van der Waals surface area contributed by atoms with Crippen LogP contribution in [0.15, 0.2) is 30.5 Å². The molecule has 2 heterocycles. The number of rotatable bonds is 7. The van der Waals surface area contributed by atoms with Gasteiger partial charge in [-0.1, -0.05) is 6.58 Å². The van der Waals surface area contributed by atoms with Crippen LogP contribution in [0, 0.1) is 5.92 Å². The van der Waals surface area contributed by atoms with E-state index in [0.717, 1.165) is 0 Å². The molecule has 0 saturated heterocycles. The fourth-order valence-corrected chi connectivity index (χ4v) is 3.24. The average Bonchev–Trinajstić information content (AvgIpc) is 3.06. The summed E-state index contributed by atoms with van der Waals surface area (Å²) in [6.45, 7) is 4.00. The molecule has 0 saturated carbocycles. The summed E-state index contributed by atoms with van der Waals surface area (Å²) in [5, 5.41) is 16.6. The van der Waals surface area contributed by atoms with Crippen LogP contribution in [0.4, 0.5) is 5.95 Å². The van der Waals surface area contributed by atoms with Gasteiger partial charge >= 0.3 is 0 Å². The number of carbonyl (C=O) groups is 1. The molecule has 27 heavy (non-hydrogen) atoms. The Morgan fingerprint density at radius 2 is 2.19 bits per heavy atom. The second kappa shape index (κ2) is 7.67. The van der Waals surface area contributed by atoms with Crippen molar-refractivity contribution in [3.05, 3.63) is 41.9 Å². The highest BCUT2D eigenvalue weighted by molar-refractivity contribution is 5.82. The maximum atomic E-state index is 12.2. The summed E-state index contributed by atoms with van der Waals surface area (Å²) in [5.74, 6) is 0.913. The summed E-state index contributed by atoms with van der Waals surface area (Å²) in [4.78, 5) is 16.7. The Morgan fingerprint density at radius 3 is 2.81 bits per heavy atom. The largest absolute Gasteiger partial charge is 0.497 e. The fourth-order valence-electron chi connectivity index (χ4n) is 3.24. The first-order valence-electron chi connectivity index (χ1n) is 8.53. The van der Waals surface area contributed by atoms with Crippen molar-refractivity contribution in [1.82, 2.24) is 14.8 Å². The van der Waals surface area contributed by atoms with Gasteiger partial charge in [-0.15, -0.1) is 0 Å². The molecule has 0 radical (unpaired) electrons. The number of aliphatic hydroxyl groups is 1. The zero-order valence-corrected chi connectivity index (χ0v) is 15.3. The lowest BCUT2D eigenvalue weighted by molar-refractivity contribution is -0.121. The summed E-state index contributed by atoms with van der Waals surface area (Å²) in [7, 11) is 3.11. The standard InChI is InChI=1S/C18H23N5O4/c1-10-15(17(19)25)16(12-7-6-11(26-2)9-13(12)27-3)23-18(20-10)21-14(22-23)5-4-8-24/h6-7,9,15-16,24H,1,4-5,8H2,2-3H3,(H2,19,25)(H,20,21,22)/t15-,16+/m0/s1. The molecule has 9 nitrogen and oxygen atoms in total. The number of nitrogens with one attached hydrogen (secondary N) is 1. The molecule has 2 atom stereocenters. The number of hydrogen-bond acceptors (Lipinski definition) is 7. The van der Waals surface area contributed by atoms with Crippen LogP contribution in [0.5, 0.6) is 11.5 Å². The first kappa shape index (κ1) is 18.7. The van der Waals surface area contributed by atoms with E-state index in [-0.39, 0.29) is 6.61 Å². The Labute approximate surface area is 156 Å². The Balaban J connectivity index is 2.14. The molecule has 2 aromatic rings. The van der Waals surface area contributed by atoms with Crippen LogP contribution in [-0.4, -0.2) is 46.6 Å². The predicted octanol–water partition coefficient (Wildman–Crippen LogP) is 0.850. The third-order valence-corrected chi connectivity index (χ3v) is 4.53. The van der Waals surface area contributed by atoms with E-state index in [1.54, 1.807) is 31.0 Å². The van der Waals surface area contributed by atoms with Crippen LogP contribution >= 0.6 is 0 Å². The molecule has 0 spiro atoms. The quantitative estimate of drug-likeness (QED) is 0.657. The highest BCUT2D eigenvalue weighted by Gasteiger charge is 2.40. The van der Waals surface area contributed by atoms with Gasteiger partial charge in [-0.2, -0.15) is 10.1 Å². The predicted molar refractivity (Wildman–Crippen MR) is 98.6 cm³/mol. The van der Waals surface area contributed by atoms with Crippen LogP contribution in [0.2, 0.25) is 0 Å². The van der Waals surface area contributed by atoms with Gasteiger partial charge in [0.15, 0.2) is 5.82 Å². The minimum atomic E-state index is -0.743. The van der Waals surface area contributed by atoms with Crippen molar-refractivity contribution in [1.29, 1.82) is 0 Å². The maximum absolute atomic E-state index is 12.2. The van der Waals surface area contributed by atoms with Crippen LogP contribution in [0.3, 0.4) is 0 Å². The number of nitrogens with zero attached hydrogens (tertiary/aromatic N) is 3. The number of aliphatic hydroxyl groups excluding tert-OH is 1. The monoisotopic (exact) mass is 373 g/mol. The molecule has 0 bridgehead atoms. The lowest BCUT2D eigenvalue weighted by Crippen LogP contribution is -2.40. The van der Waals surface area contributed by atoms with E-state index in [0.29, 0.717) is 47.4 Å². The molecule has 1 aromatic carbocycles. The molecule has 3 rings (SSSR count). The van der Waals surface area contributed by atoms with Gasteiger partial charge in [0.2, 0.25) is 11.9 Å². The molecular formula is C18H23N5O4. The zero-order chi connectivity index (χ0) is 19.6. The highest BCUT2D eigenvalue weighted by Crippen LogP contribution is 2.41. The SMILES string of the molecule is C=C1Nc2nc(CCCO)nn2[C@H](c2ccc(OC)cc2OC)[C@H]1C(N)=O. The Hall–Kier alpha value is -3.07. The summed E-state index contributed by atoms with van der Waals surface area (Å²) in [6.07, 6.45) is 1.05. The molecular weight excluding hydrogens is 350 g/mol. The van der Waals surface area contributed by atoms with Gasteiger partial charge in [0.1, 0.15) is 23.5 Å². The number of ether oxygens (including phenoxy) is 2. The second-order valence-electron chi connectivity index (χ2n) is 6.21. The normalized spacial score (nSPS) is 18.6. The summed E-state index contributed by atoms with van der Waals surface area (Å²) >= 11 is 0. The van der Waals surface area contributed by atoms with Crippen molar-refractivity contribution < 1.29 is 19.4 Å². The van der Waals surface area contributed by atoms with Crippen molar-refractivity contribution >= 4 is 11.9 Å². The highest BCUT2D eigenvalue weighted by atomic mass is 16.5. The molecule has 1 amide bonds. The molecule has 4 N–H and O–H groups in total. The number of benzene rings is 1. The van der Waals surface area contributed by atoms with Crippen molar-refractivity contribution in [2.24, 2.45) is 11.7 Å². The Bertz CT molecular complexity index is 863. The average molecular weight is 373 g/mol. The number of aromatic nitrogens is 3. The maximum Gasteiger partial charge on any atom is 0.229 e. The van der Waals surface area contributed by atoms with E-state index in [9.17, 15) is 4.79 Å². The topological polar surface area (TPSA) is 125 Å². The van der Waals surface area contributed by atoms with Crippen molar-refractivity contribution in [2.75, 3.05) is 26.1 Å². The van der Waals surface area contributed by atoms with E-state index in [2.05, 4.69) is 22.0 Å². The smallest absolute Gasteiger partial charge is 0.229 e. The van der Waals surface area contributed by atoms with Crippen molar-refractivity contribution in [3.8, 4) is 11.5 Å². The summed E-state index contributed by atoms with van der Waals surface area (Å²) in [5.41, 5.74) is 6.83. The van der Waals surface area contributed by atoms with Gasteiger partial charge in [-0.25, -0.2) is 4.68 Å². The number of amides is 1. The van der Waals surface area contributed by atoms with Gasteiger partial charge in [-0.3, -0.25) is 4.79 Å². The van der Waals surface area contributed by atoms with Gasteiger partial charge in [0.05, 0.1) is 14.2 Å². The number of nitrogens with two attached hydrogens (primary N) is 1. The third kappa shape index (κ3) is 3.45. The van der Waals surface area contributed by atoms with E-state index < -0.39 is 17.9 Å². The van der Waals surface area contributed by atoms with E-state index in [1.807, 2.05) is 6.07 Å². The Morgan fingerprint density at radius 1 is 1.41 bits per heavy atom. The molecule has 0 unspecified atom stereocenters. The van der Waals surface area contributed by atoms with Gasteiger partial charge in [0, 0.05) is 30.4 Å². The van der Waals surface area contributed by atoms with Crippen molar-refractivity contribution in [3.63, 3.8) is 0 Å². The van der Waals surface area contributed by atoms with E-state index >= 15 is 0 Å². The van der Waals surface area contributed by atoms with Gasteiger partial charge < -0.3 is 25.6 Å². The lowest BCUT2D eigenvalue weighted by Gasteiger charge is -2.33. The first-order valence-corrected chi connectivity index (χ1v) is 8.53. The zero-order valence-electron chi connectivity index (χ0n) is 15.3. The van der Waals surface area contributed by atoms with Crippen LogP contribution in [0.25, 0.3) is 0 Å². The van der Waals surface area contributed by atoms with Crippen LogP contribution in [-0.2, 0) is 11.2 Å². The first-order chi connectivity index (χ1) is 13.0. The summed E-state index contributed by atoms with van der Waals surface area (Å²) in [6, 6.07) is 4.77. The molecule has 1 aromatic heterocycles. The molecule has 9 heteroatoms. The van der Waals surface area contributed by atoms with Crippen molar-refractivity contribution in [2.45, 2.75) is 18.9 Å². The summed E-state index contributed by atoms with van der Waals surface area (Å²) < 4.78 is 12.4. The van der Waals surface area contributed by atoms with Crippen LogP contribution in [0.1, 0.15) is 23.9 Å². The number of primary amides is 1. The molecule has 0 fully saturated rings.